The zero-order chi connectivity index (χ0) is 19.1. The van der Waals surface area contributed by atoms with E-state index in [1.807, 2.05) is 35.7 Å². The van der Waals surface area contributed by atoms with Crippen molar-refractivity contribution < 1.29 is 18.8 Å². The van der Waals surface area contributed by atoms with Crippen molar-refractivity contribution in [2.45, 2.75) is 17.5 Å². The summed E-state index contributed by atoms with van der Waals surface area (Å²) in [5.74, 6) is 0.504. The Labute approximate surface area is 165 Å². The molecule has 0 atom stereocenters. The van der Waals surface area contributed by atoms with Gasteiger partial charge in [-0.3, -0.25) is 25.2 Å². The van der Waals surface area contributed by atoms with Gasteiger partial charge in [0.15, 0.2) is 0 Å². The average molecular weight is 406 g/mol. The van der Waals surface area contributed by atoms with E-state index in [-0.39, 0.29) is 6.54 Å². The monoisotopic (exact) mass is 405 g/mol. The maximum Gasteiger partial charge on any atom is 0.327 e. The summed E-state index contributed by atoms with van der Waals surface area (Å²) in [4.78, 5) is 35.5. The number of carbonyl (C=O) groups is 3. The van der Waals surface area contributed by atoms with Crippen LogP contribution >= 0.6 is 23.5 Å². The lowest BCUT2D eigenvalue weighted by molar-refractivity contribution is -0.139. The van der Waals surface area contributed by atoms with Crippen LogP contribution < -0.4 is 16.2 Å². The fourth-order valence-electron chi connectivity index (χ4n) is 2.38. The molecule has 2 aromatic rings. The van der Waals surface area contributed by atoms with Crippen molar-refractivity contribution in [3.05, 3.63) is 59.5 Å². The van der Waals surface area contributed by atoms with Gasteiger partial charge in [0.25, 0.3) is 5.91 Å². The van der Waals surface area contributed by atoms with Gasteiger partial charge in [0, 0.05) is 5.56 Å². The quantitative estimate of drug-likeness (QED) is 0.533. The zero-order valence-corrected chi connectivity index (χ0v) is 16.0. The van der Waals surface area contributed by atoms with Crippen LogP contribution in [0.3, 0.4) is 0 Å². The normalized spacial score (nSPS) is 14.4. The zero-order valence-electron chi connectivity index (χ0n) is 14.4. The molecule has 142 valence electrons. The van der Waals surface area contributed by atoms with Crippen LogP contribution in [0.5, 0.6) is 0 Å². The lowest BCUT2D eigenvalue weighted by atomic mass is 10.1. The van der Waals surface area contributed by atoms with Gasteiger partial charge in [0.1, 0.15) is 5.76 Å². The summed E-state index contributed by atoms with van der Waals surface area (Å²) >= 11 is 3.81. The average Bonchev–Trinajstić information content (AvgIpc) is 3.24. The van der Waals surface area contributed by atoms with Gasteiger partial charge < -0.3 is 9.73 Å². The van der Waals surface area contributed by atoms with Crippen LogP contribution in [-0.4, -0.2) is 29.2 Å². The minimum Gasteiger partial charge on any atom is -0.467 e. The van der Waals surface area contributed by atoms with Crippen LogP contribution in [0.1, 0.15) is 32.7 Å². The maximum absolute atomic E-state index is 12.1. The van der Waals surface area contributed by atoms with Gasteiger partial charge in [-0.2, -0.15) is 0 Å². The van der Waals surface area contributed by atoms with Gasteiger partial charge >= 0.3 is 11.8 Å². The number of thioether (sulfide) groups is 2. The standard InChI is InChI=1S/C18H19N3O4S2/c22-15(12-4-6-13(7-5-12)18-26-9-2-10-27-18)20-21-17(24)16(23)19-11-14-3-1-8-25-14/h1,3-8,18H,2,9-11H2,(H,19,23)(H,20,22)(H,21,24). The highest BCUT2D eigenvalue weighted by molar-refractivity contribution is 8.16. The van der Waals surface area contributed by atoms with Crippen LogP contribution in [0.15, 0.2) is 47.1 Å². The predicted molar refractivity (Wildman–Crippen MR) is 105 cm³/mol. The molecular weight excluding hydrogens is 386 g/mol. The van der Waals surface area contributed by atoms with Gasteiger partial charge in [-0.05, 0) is 47.8 Å². The number of nitrogens with one attached hydrogen (secondary N) is 3. The Morgan fingerprint density at radius 1 is 1.00 bits per heavy atom. The van der Waals surface area contributed by atoms with Gasteiger partial charge in [0.2, 0.25) is 0 Å². The Kier molecular flexibility index (Phi) is 6.83. The molecule has 3 amide bonds. The van der Waals surface area contributed by atoms with E-state index in [1.54, 1.807) is 24.3 Å². The summed E-state index contributed by atoms with van der Waals surface area (Å²) in [7, 11) is 0. The number of benzene rings is 1. The molecule has 0 saturated carbocycles. The molecule has 0 unspecified atom stereocenters. The first kappa shape index (κ1) is 19.4. The van der Waals surface area contributed by atoms with Crippen molar-refractivity contribution in [2.75, 3.05) is 11.5 Å². The van der Waals surface area contributed by atoms with Crippen LogP contribution in [0.2, 0.25) is 0 Å². The molecule has 0 aliphatic carbocycles. The molecule has 7 nitrogen and oxygen atoms in total. The largest absolute Gasteiger partial charge is 0.467 e. The van der Waals surface area contributed by atoms with E-state index in [0.717, 1.165) is 11.5 Å². The van der Waals surface area contributed by atoms with E-state index in [2.05, 4.69) is 16.2 Å². The molecule has 1 aliphatic heterocycles. The lowest BCUT2D eigenvalue weighted by Crippen LogP contribution is -2.48. The first-order valence-electron chi connectivity index (χ1n) is 8.37. The van der Waals surface area contributed by atoms with Gasteiger partial charge in [0.05, 0.1) is 17.4 Å². The van der Waals surface area contributed by atoms with Crippen LogP contribution in [0, 0.1) is 0 Å². The summed E-state index contributed by atoms with van der Waals surface area (Å²) in [5.41, 5.74) is 5.91. The highest BCUT2D eigenvalue weighted by atomic mass is 32.2. The number of carbonyl (C=O) groups excluding carboxylic acids is 3. The fourth-order valence-corrected chi connectivity index (χ4v) is 5.27. The third-order valence-corrected chi connectivity index (χ3v) is 6.79. The Bertz CT molecular complexity index is 787. The number of hydrogen-bond donors (Lipinski definition) is 3. The van der Waals surface area contributed by atoms with Crippen molar-refractivity contribution in [3.63, 3.8) is 0 Å². The summed E-state index contributed by atoms with van der Waals surface area (Å²) in [5, 5.41) is 2.39. The molecule has 27 heavy (non-hydrogen) atoms. The van der Waals surface area contributed by atoms with E-state index < -0.39 is 17.7 Å². The Morgan fingerprint density at radius 3 is 2.41 bits per heavy atom. The number of furan rings is 1. The molecule has 0 radical (unpaired) electrons. The molecular formula is C18H19N3O4S2. The Hall–Kier alpha value is -2.39. The number of rotatable bonds is 4. The topological polar surface area (TPSA) is 100 Å². The smallest absolute Gasteiger partial charge is 0.327 e. The summed E-state index contributed by atoms with van der Waals surface area (Å²) in [6.45, 7) is 0.0891. The number of hydrazine groups is 1. The predicted octanol–water partition coefficient (Wildman–Crippen LogP) is 2.23. The van der Waals surface area contributed by atoms with Crippen molar-refractivity contribution in [1.29, 1.82) is 0 Å². The molecule has 1 aliphatic rings. The molecule has 3 N–H and O–H groups in total. The van der Waals surface area contributed by atoms with Crippen LogP contribution in [0.25, 0.3) is 0 Å². The summed E-state index contributed by atoms with van der Waals surface area (Å²) < 4.78 is 5.45. The second kappa shape index (κ2) is 9.52. The fraction of sp³-hybridized carbons (Fsp3) is 0.278. The molecule has 2 heterocycles. The van der Waals surface area contributed by atoms with Crippen LogP contribution in [0.4, 0.5) is 0 Å². The lowest BCUT2D eigenvalue weighted by Gasteiger charge is -2.21. The minimum atomic E-state index is -0.957. The summed E-state index contributed by atoms with van der Waals surface area (Å²) in [6.07, 6.45) is 2.69. The van der Waals surface area contributed by atoms with E-state index in [4.69, 9.17) is 4.42 Å². The van der Waals surface area contributed by atoms with E-state index in [9.17, 15) is 14.4 Å². The molecule has 0 bridgehead atoms. The Balaban J connectivity index is 1.45. The number of amides is 3. The molecule has 1 fully saturated rings. The third kappa shape index (κ3) is 5.54. The molecule has 9 heteroatoms. The van der Waals surface area contributed by atoms with Gasteiger partial charge in [-0.15, -0.1) is 23.5 Å². The number of hydrogen-bond acceptors (Lipinski definition) is 6. The summed E-state index contributed by atoms with van der Waals surface area (Å²) in [6, 6.07) is 10.6. The second-order valence-corrected chi connectivity index (χ2v) is 8.44. The van der Waals surface area contributed by atoms with Gasteiger partial charge in [-0.25, -0.2) is 0 Å². The molecule has 1 aromatic heterocycles. The third-order valence-electron chi connectivity index (χ3n) is 3.77. The second-order valence-electron chi connectivity index (χ2n) is 5.72. The molecule has 1 saturated heterocycles. The minimum absolute atomic E-state index is 0.0891. The van der Waals surface area contributed by atoms with E-state index >= 15 is 0 Å². The highest BCUT2D eigenvalue weighted by Crippen LogP contribution is 2.43. The Morgan fingerprint density at radius 2 is 1.74 bits per heavy atom. The van der Waals surface area contributed by atoms with Crippen molar-refractivity contribution in [3.8, 4) is 0 Å². The van der Waals surface area contributed by atoms with Gasteiger partial charge in [-0.1, -0.05) is 12.1 Å². The first-order valence-corrected chi connectivity index (χ1v) is 10.5. The van der Waals surface area contributed by atoms with E-state index in [0.29, 0.717) is 15.9 Å². The maximum atomic E-state index is 12.1. The van der Waals surface area contributed by atoms with Crippen molar-refractivity contribution in [2.24, 2.45) is 0 Å². The first-order chi connectivity index (χ1) is 13.1. The molecule has 0 spiro atoms. The van der Waals surface area contributed by atoms with Crippen molar-refractivity contribution in [1.82, 2.24) is 16.2 Å². The van der Waals surface area contributed by atoms with E-state index in [1.165, 1.54) is 18.2 Å². The van der Waals surface area contributed by atoms with Crippen molar-refractivity contribution >= 4 is 41.2 Å². The van der Waals surface area contributed by atoms with Crippen LogP contribution in [-0.2, 0) is 16.1 Å². The molecule has 1 aromatic carbocycles. The molecule has 3 rings (SSSR count). The highest BCUT2D eigenvalue weighted by Gasteiger charge is 2.18. The SMILES string of the molecule is O=C(NCc1ccco1)C(=O)NNC(=O)c1ccc(C2SCCCS2)cc1.